The van der Waals surface area contributed by atoms with Crippen molar-refractivity contribution in [3.8, 4) is 44.5 Å². The van der Waals surface area contributed by atoms with Crippen LogP contribution in [0, 0.1) is 24.3 Å². The van der Waals surface area contributed by atoms with Crippen LogP contribution >= 0.6 is 37.7 Å². The molecule has 2 aliphatic rings. The van der Waals surface area contributed by atoms with Gasteiger partial charge in [0.15, 0.2) is 0 Å². The Hall–Kier alpha value is -2.43. The molecule has 89 heavy (non-hydrogen) atoms. The van der Waals surface area contributed by atoms with Crippen molar-refractivity contribution in [2.45, 2.75) is 52.4 Å². The van der Waals surface area contributed by atoms with E-state index in [4.69, 9.17) is 19.9 Å². The Morgan fingerprint density at radius 1 is 0.292 bits per heavy atom. The summed E-state index contributed by atoms with van der Waals surface area (Å²) < 4.78 is 0. The summed E-state index contributed by atoms with van der Waals surface area (Å²) >= 11 is 6.44. The molecule has 0 atom stereocenters. The Morgan fingerprint density at radius 3 is 0.573 bits per heavy atom. The maximum absolute atomic E-state index is 5.74. The van der Waals surface area contributed by atoms with Crippen LogP contribution < -0.4 is 9.97 Å². The summed E-state index contributed by atoms with van der Waals surface area (Å²) in [5.41, 5.74) is 23.3. The van der Waals surface area contributed by atoms with E-state index in [1.165, 1.54) is 0 Å². The molecule has 12 nitrogen and oxygen atoms in total. The van der Waals surface area contributed by atoms with Gasteiger partial charge in [-0.2, -0.15) is 72.8 Å². The van der Waals surface area contributed by atoms with Crippen LogP contribution in [0.15, 0.2) is 72.8 Å². The third-order valence-corrected chi connectivity index (χ3v) is 13.6. The van der Waals surface area contributed by atoms with Crippen molar-refractivity contribution < 1.29 is 91.6 Å². The first-order valence-electron chi connectivity index (χ1n) is 28.0. The van der Waals surface area contributed by atoms with E-state index in [9.17, 15) is 0 Å². The Balaban J connectivity index is 0.00000181. The SMILES string of the molecule is CN(C)Cc1[c-]c(CN(C)C)cc(-c2c3nc(c(-c4cc(CN(C)C)[c-]c(CN(C)C)c4)c4ccc([n-]4)c(-c4cc(CN(C)C)[c-]c(CN(C)C)c4)c4nc(c(-c5cc(CN(C)C)[c-]c(CN(C)C)c5)c5ccc2[n-]5)C=C4)C=C3)c1.[Cl][Pt+].[Cl][Pt+].[Cl][Pt+].[Cl][Pt+].[Ni+2]. The fraction of sp³-hybridized carbons (Fsp3) is 0.353. The quantitative estimate of drug-likeness (QED) is 0.0539. The van der Waals surface area contributed by atoms with Crippen LogP contribution in [0.25, 0.3) is 90.9 Å². The van der Waals surface area contributed by atoms with Gasteiger partial charge in [0, 0.05) is 52.4 Å². The van der Waals surface area contributed by atoms with E-state index >= 15 is 0 Å². The predicted octanol–water partition coefficient (Wildman–Crippen LogP) is 13.0. The van der Waals surface area contributed by atoms with Gasteiger partial charge in [0.05, 0.1) is 22.8 Å². The van der Waals surface area contributed by atoms with Gasteiger partial charge in [0.2, 0.25) is 0 Å². The minimum Gasteiger partial charge on any atom is 2.00 e. The van der Waals surface area contributed by atoms with Crippen molar-refractivity contribution in [1.29, 1.82) is 0 Å². The number of aromatic nitrogens is 4. The van der Waals surface area contributed by atoms with Crippen LogP contribution in [0.5, 0.6) is 0 Å². The van der Waals surface area contributed by atoms with Crippen molar-refractivity contribution in [3.05, 3.63) is 164 Å². The molecule has 0 N–H and O–H groups in total. The summed E-state index contributed by atoms with van der Waals surface area (Å²) in [6.45, 7) is 5.83. The Morgan fingerprint density at radius 2 is 0.438 bits per heavy atom. The van der Waals surface area contributed by atoms with Crippen molar-refractivity contribution >= 4 is 84.0 Å². The third kappa shape index (κ3) is 22.9. The summed E-state index contributed by atoms with van der Waals surface area (Å²) in [5, 5.41) is 0. The van der Waals surface area contributed by atoms with Gasteiger partial charge < -0.3 is 49.2 Å². The molecule has 0 saturated heterocycles. The van der Waals surface area contributed by atoms with Crippen molar-refractivity contribution in [3.63, 3.8) is 0 Å². The maximum Gasteiger partial charge on any atom is 2.00 e. The van der Waals surface area contributed by atoms with Crippen LogP contribution in [0.1, 0.15) is 67.3 Å². The number of benzene rings is 4. The Kier molecular flexibility index (Phi) is 34.5. The zero-order valence-electron chi connectivity index (χ0n) is 53.4. The molecule has 0 radical (unpaired) electrons. The van der Waals surface area contributed by atoms with Gasteiger partial charge in [-0.1, -0.05) is 24.3 Å². The first-order valence-corrected chi connectivity index (χ1v) is 39.3. The molecule has 2 aliphatic heterocycles. The summed E-state index contributed by atoms with van der Waals surface area (Å²) in [5.74, 6) is 0. The first kappa shape index (κ1) is 79.0. The molecule has 8 bridgehead atoms. The van der Waals surface area contributed by atoms with Crippen LogP contribution in [0.2, 0.25) is 0 Å². The molecule has 0 amide bonds. The second-order valence-electron chi connectivity index (χ2n) is 23.9. The van der Waals surface area contributed by atoms with E-state index in [1.54, 1.807) is 75.1 Å². The van der Waals surface area contributed by atoms with Gasteiger partial charge in [-0.25, -0.2) is 9.97 Å². The average molecular weight is 2050 g/mol. The normalized spacial score (nSPS) is 11.7. The Bertz CT molecular complexity index is 3080. The number of nitrogens with zero attached hydrogens (tertiary/aromatic N) is 12. The largest absolute Gasteiger partial charge is 2.00 e. The van der Waals surface area contributed by atoms with Crippen LogP contribution in [-0.4, -0.2) is 162 Å². The van der Waals surface area contributed by atoms with Gasteiger partial charge in [-0.05, 0) is 159 Å². The molecule has 0 spiro atoms. The number of fused-ring (bicyclic) bond motifs is 8. The standard InChI is InChI=1S/C68H80N12.4ClH.Ni.4Pt/c1-73(2)37-45-25-46(38-74(3)4)30-53(29-45)65-57-17-19-59(69-57)66(54-31-47(39-75(5)6)26-48(32-54)40-76(7)8)61-21-23-63(71-61)68(56-35-51(43-79(13)14)28-52(36-56)44-80(15)16)64-24-22-62(72-64)67(60-20-18-58(65)70-60)55-33-49(41-77(9)10)27-50(34-55)42-78(11)12;;;;;;;;;/h17-24,29-36H,37-44H2,1-16H3;4*1H;;;;;/q-6;;;;;5*+2/p-4. The molecule has 0 aliphatic carbocycles. The molecule has 4 aromatic carbocycles. The number of hydrogen-bond acceptors (Lipinski definition) is 10. The molecular weight excluding hydrogens is 1970 g/mol. The minimum atomic E-state index is 0. The van der Waals surface area contributed by atoms with Gasteiger partial charge in [0.1, 0.15) is 0 Å². The van der Waals surface area contributed by atoms with E-state index in [0.717, 1.165) is 186 Å². The smallest absolute Gasteiger partial charge is 2.00 e. The van der Waals surface area contributed by atoms with Crippen LogP contribution in [0.4, 0.5) is 0 Å². The first-order chi connectivity index (χ1) is 42.1. The minimum absolute atomic E-state index is 0. The van der Waals surface area contributed by atoms with E-state index < -0.39 is 0 Å². The molecule has 21 heteroatoms. The predicted molar refractivity (Wildman–Crippen MR) is 356 cm³/mol. The van der Waals surface area contributed by atoms with Gasteiger partial charge >= 0.3 is 129 Å². The average Bonchev–Trinajstić information content (AvgIpc) is 1.71. The fourth-order valence-corrected chi connectivity index (χ4v) is 11.0. The van der Waals surface area contributed by atoms with E-state index in [-0.39, 0.29) is 16.5 Å². The van der Waals surface area contributed by atoms with Crippen molar-refractivity contribution in [2.24, 2.45) is 0 Å². The van der Waals surface area contributed by atoms with Crippen molar-refractivity contribution in [2.75, 3.05) is 113 Å². The van der Waals surface area contributed by atoms with E-state index in [0.29, 0.717) is 0 Å². The van der Waals surface area contributed by atoms with Gasteiger partial charge in [-0.3, -0.25) is 0 Å². The molecular formula is C68H80Cl4N12NiPt4. The summed E-state index contributed by atoms with van der Waals surface area (Å²) in [7, 11) is 52.2. The summed E-state index contributed by atoms with van der Waals surface area (Å²) in [6, 6.07) is 41.9. The van der Waals surface area contributed by atoms with Gasteiger partial charge in [-0.15, -0.1) is 88.8 Å². The second kappa shape index (κ2) is 38.8. The van der Waals surface area contributed by atoms with E-state index in [1.807, 2.05) is 0 Å². The van der Waals surface area contributed by atoms with E-state index in [2.05, 4.69) is 311 Å². The summed E-state index contributed by atoms with van der Waals surface area (Å²) in [6.07, 6.45) is 8.69. The molecule has 5 heterocycles. The fourth-order valence-electron chi connectivity index (χ4n) is 11.0. The number of halogens is 4. The number of rotatable bonds is 20. The molecule has 0 saturated carbocycles. The molecule has 3 aromatic heterocycles. The maximum atomic E-state index is 5.74. The topological polar surface area (TPSA) is 79.9 Å². The molecule has 490 valence electrons. The summed E-state index contributed by atoms with van der Waals surface area (Å²) in [4.78, 5) is 40.5. The van der Waals surface area contributed by atoms with Crippen LogP contribution in [-0.2, 0) is 144 Å². The molecule has 0 fully saturated rings. The molecule has 7 aromatic rings. The van der Waals surface area contributed by atoms with Crippen LogP contribution in [0.3, 0.4) is 0 Å². The molecule has 0 unspecified atom stereocenters. The Labute approximate surface area is 602 Å². The van der Waals surface area contributed by atoms with Crippen molar-refractivity contribution in [1.82, 2.24) is 59.1 Å². The molecule has 9 rings (SSSR count). The second-order valence-corrected chi connectivity index (χ2v) is 23.9. The van der Waals surface area contributed by atoms with Gasteiger partial charge in [0.25, 0.3) is 0 Å². The number of hydrogen-bond donors (Lipinski definition) is 0. The monoisotopic (exact) mass is 2040 g/mol. The third-order valence-electron chi connectivity index (χ3n) is 13.6. The zero-order chi connectivity index (χ0) is 65.1. The zero-order valence-corrected chi connectivity index (χ0v) is 66.5.